The Morgan fingerprint density at radius 1 is 1.39 bits per heavy atom. The largest absolute Gasteiger partial charge is 0.474 e. The number of carbonyl (C=O) groups is 3. The first-order chi connectivity index (χ1) is 10.7. The van der Waals surface area contributed by atoms with Crippen LogP contribution in [0.5, 0.6) is 5.75 Å². The van der Waals surface area contributed by atoms with E-state index < -0.39 is 29.6 Å². The summed E-state index contributed by atoms with van der Waals surface area (Å²) < 4.78 is 7.19. The number of primary amides is 2. The molecule has 1 fully saturated rings. The van der Waals surface area contributed by atoms with E-state index in [0.717, 1.165) is 4.90 Å². The first-order valence-electron chi connectivity index (χ1n) is 6.39. The summed E-state index contributed by atoms with van der Waals surface area (Å²) in [4.78, 5) is 35.6. The van der Waals surface area contributed by atoms with E-state index in [1.165, 1.54) is 0 Å². The van der Waals surface area contributed by atoms with Crippen molar-refractivity contribution in [2.45, 2.75) is 18.1 Å². The van der Waals surface area contributed by atoms with E-state index in [4.69, 9.17) is 16.2 Å². The van der Waals surface area contributed by atoms with Gasteiger partial charge in [0.05, 0.1) is 10.1 Å². The van der Waals surface area contributed by atoms with Crippen LogP contribution < -0.4 is 16.2 Å². The van der Waals surface area contributed by atoms with Crippen LogP contribution in [0.4, 0.5) is 4.79 Å². The molecule has 2 atom stereocenters. The first-order valence-corrected chi connectivity index (χ1v) is 8.26. The number of rotatable bonds is 4. The lowest BCUT2D eigenvalue weighted by molar-refractivity contribution is -0.132. The molecular formula is C13H13BrIN3O5. The highest BCUT2D eigenvalue weighted by molar-refractivity contribution is 14.1. The number of amides is 3. The zero-order chi connectivity index (χ0) is 17.4. The third-order valence-corrected chi connectivity index (χ3v) is 4.93. The second-order valence-electron chi connectivity index (χ2n) is 5.07. The summed E-state index contributed by atoms with van der Waals surface area (Å²) in [6.45, 7) is -0.367. The molecule has 0 unspecified atom stereocenters. The van der Waals surface area contributed by atoms with Gasteiger partial charge >= 0.3 is 6.09 Å². The van der Waals surface area contributed by atoms with Gasteiger partial charge in [-0.3, -0.25) is 14.5 Å². The molecule has 0 saturated carbocycles. The van der Waals surface area contributed by atoms with Gasteiger partial charge in [0.15, 0.2) is 0 Å². The van der Waals surface area contributed by atoms with E-state index in [1.54, 1.807) is 18.2 Å². The minimum Gasteiger partial charge on any atom is -0.474 e. The Morgan fingerprint density at radius 2 is 2.04 bits per heavy atom. The molecule has 5 N–H and O–H groups in total. The predicted octanol–water partition coefficient (Wildman–Crippen LogP) is 0.894. The third kappa shape index (κ3) is 3.52. The summed E-state index contributed by atoms with van der Waals surface area (Å²) in [5.74, 6) is -1.36. The van der Waals surface area contributed by atoms with Crippen molar-refractivity contribution in [3.05, 3.63) is 26.2 Å². The summed E-state index contributed by atoms with van der Waals surface area (Å²) in [7, 11) is 0. The summed E-state index contributed by atoms with van der Waals surface area (Å²) in [5, 5.41) is 9.21. The van der Waals surface area contributed by atoms with Crippen LogP contribution >= 0.6 is 38.5 Å². The Bertz CT molecular complexity index is 662. The van der Waals surface area contributed by atoms with Gasteiger partial charge in [0.25, 0.3) is 5.91 Å². The fourth-order valence-electron chi connectivity index (χ4n) is 2.40. The Labute approximate surface area is 153 Å². The van der Waals surface area contributed by atoms with Crippen LogP contribution in [0.1, 0.15) is 6.42 Å². The number of halogens is 2. The molecule has 10 heteroatoms. The van der Waals surface area contributed by atoms with E-state index in [1.807, 2.05) is 22.6 Å². The molecule has 124 valence electrons. The molecule has 0 spiro atoms. The summed E-state index contributed by atoms with van der Waals surface area (Å²) >= 11 is 5.30. The molecular weight excluding hydrogens is 485 g/mol. The third-order valence-electron chi connectivity index (χ3n) is 3.55. The van der Waals surface area contributed by atoms with Crippen molar-refractivity contribution in [2.75, 3.05) is 6.54 Å². The second-order valence-corrected chi connectivity index (χ2v) is 7.15. The predicted molar refractivity (Wildman–Crippen MR) is 91.7 cm³/mol. The summed E-state index contributed by atoms with van der Waals surface area (Å²) in [5.41, 5.74) is 9.02. The van der Waals surface area contributed by atoms with Crippen molar-refractivity contribution in [3.8, 4) is 5.75 Å². The zero-order valence-corrected chi connectivity index (χ0v) is 15.4. The standard InChI is InChI=1S/C13H13BrIN3O5/c14-6-1-2-7(15)9(3-6)23-13(11(17)20)4-8(10(16)19)18(5-13)12(21)22/h1-3,8H,4-5H2,(H2,16,19)(H2,17,20)(H,21,22)/t8-,13+/m0/s1. The number of likely N-dealkylation sites (tertiary alicyclic amines) is 1. The van der Waals surface area contributed by atoms with Crippen molar-refractivity contribution in [3.63, 3.8) is 0 Å². The zero-order valence-electron chi connectivity index (χ0n) is 11.7. The van der Waals surface area contributed by atoms with Crippen LogP contribution in [0.3, 0.4) is 0 Å². The van der Waals surface area contributed by atoms with E-state index in [9.17, 15) is 19.5 Å². The molecule has 1 aliphatic rings. The van der Waals surface area contributed by atoms with Crippen LogP contribution in [0.15, 0.2) is 22.7 Å². The normalized spacial score (nSPS) is 23.6. The Hall–Kier alpha value is -1.56. The summed E-state index contributed by atoms with van der Waals surface area (Å²) in [6.07, 6.45) is -1.60. The maximum absolute atomic E-state index is 12.0. The highest BCUT2D eigenvalue weighted by atomic mass is 127. The van der Waals surface area contributed by atoms with Crippen LogP contribution in [0.25, 0.3) is 0 Å². The molecule has 2 rings (SSSR count). The molecule has 1 heterocycles. The molecule has 1 aliphatic heterocycles. The molecule has 0 aliphatic carbocycles. The molecule has 3 amide bonds. The molecule has 23 heavy (non-hydrogen) atoms. The number of hydrogen-bond acceptors (Lipinski definition) is 4. The Kier molecular flexibility index (Phi) is 5.04. The average molecular weight is 498 g/mol. The average Bonchev–Trinajstić information content (AvgIpc) is 2.84. The second kappa shape index (κ2) is 6.51. The maximum atomic E-state index is 12.0. The molecule has 0 bridgehead atoms. The van der Waals surface area contributed by atoms with Gasteiger partial charge < -0.3 is 21.3 Å². The fourth-order valence-corrected chi connectivity index (χ4v) is 3.18. The van der Waals surface area contributed by atoms with E-state index >= 15 is 0 Å². The molecule has 1 saturated heterocycles. The van der Waals surface area contributed by atoms with Gasteiger partial charge in [-0.15, -0.1) is 0 Å². The number of nitrogens with zero attached hydrogens (tertiary/aromatic N) is 1. The number of benzene rings is 1. The maximum Gasteiger partial charge on any atom is 0.408 e. The number of nitrogens with two attached hydrogens (primary N) is 2. The van der Waals surface area contributed by atoms with Gasteiger partial charge in [0.2, 0.25) is 11.5 Å². The van der Waals surface area contributed by atoms with E-state index in [-0.39, 0.29) is 13.0 Å². The quantitative estimate of drug-likeness (QED) is 0.531. The van der Waals surface area contributed by atoms with Gasteiger partial charge in [-0.05, 0) is 40.8 Å². The number of carboxylic acid groups (broad SMARTS) is 1. The molecule has 0 aromatic heterocycles. The van der Waals surface area contributed by atoms with Gasteiger partial charge in [-0.1, -0.05) is 15.9 Å². The van der Waals surface area contributed by atoms with E-state index in [0.29, 0.717) is 13.8 Å². The van der Waals surface area contributed by atoms with E-state index in [2.05, 4.69) is 15.9 Å². The summed E-state index contributed by atoms with van der Waals surface area (Å²) in [6, 6.07) is 4.00. The lowest BCUT2D eigenvalue weighted by Gasteiger charge is -2.27. The Balaban J connectivity index is 2.41. The topological polar surface area (TPSA) is 136 Å². The van der Waals surface area contributed by atoms with Gasteiger partial charge in [0.1, 0.15) is 11.8 Å². The lowest BCUT2D eigenvalue weighted by Crippen LogP contribution is -2.51. The van der Waals surface area contributed by atoms with Crippen molar-refractivity contribution in [1.82, 2.24) is 4.90 Å². The SMILES string of the molecule is NC(=O)[C@@H]1C[C@](Oc2cc(Br)ccc2I)(C(N)=O)CN1C(=O)O. The highest BCUT2D eigenvalue weighted by Crippen LogP contribution is 2.35. The van der Waals surface area contributed by atoms with Crippen LogP contribution in [0.2, 0.25) is 0 Å². The minimum absolute atomic E-state index is 0.230. The Morgan fingerprint density at radius 3 is 2.52 bits per heavy atom. The monoisotopic (exact) mass is 497 g/mol. The van der Waals surface area contributed by atoms with Gasteiger partial charge in [0, 0.05) is 10.9 Å². The smallest absolute Gasteiger partial charge is 0.408 e. The molecule has 8 nitrogen and oxygen atoms in total. The number of ether oxygens (including phenoxy) is 1. The van der Waals surface area contributed by atoms with Gasteiger partial charge in [-0.2, -0.15) is 0 Å². The molecule has 1 aromatic rings. The van der Waals surface area contributed by atoms with Crippen molar-refractivity contribution >= 4 is 56.4 Å². The van der Waals surface area contributed by atoms with Crippen molar-refractivity contribution in [1.29, 1.82) is 0 Å². The number of hydrogen-bond donors (Lipinski definition) is 3. The fraction of sp³-hybridized carbons (Fsp3) is 0.308. The van der Waals surface area contributed by atoms with Crippen LogP contribution in [0, 0.1) is 3.57 Å². The number of carbonyl (C=O) groups excluding carboxylic acids is 2. The lowest BCUT2D eigenvalue weighted by atomic mass is 9.98. The van der Waals surface area contributed by atoms with Gasteiger partial charge in [-0.25, -0.2) is 4.79 Å². The molecule has 0 radical (unpaired) electrons. The van der Waals surface area contributed by atoms with Crippen LogP contribution in [-0.2, 0) is 9.59 Å². The van der Waals surface area contributed by atoms with Crippen molar-refractivity contribution < 1.29 is 24.2 Å². The highest BCUT2D eigenvalue weighted by Gasteiger charge is 2.54. The molecule has 1 aromatic carbocycles. The van der Waals surface area contributed by atoms with Crippen LogP contribution in [-0.4, -0.2) is 46.1 Å². The first kappa shape index (κ1) is 17.8. The minimum atomic E-state index is -1.65. The van der Waals surface area contributed by atoms with Crippen molar-refractivity contribution in [2.24, 2.45) is 11.5 Å².